The van der Waals surface area contributed by atoms with Crippen LogP contribution >= 0.6 is 0 Å². The Bertz CT molecular complexity index is 237. The molecule has 0 rings (SSSR count). The molecule has 0 fully saturated rings. The lowest BCUT2D eigenvalue weighted by molar-refractivity contribution is 0.420. The van der Waals surface area contributed by atoms with Crippen LogP contribution in [-0.4, -0.2) is 0 Å². The molecule has 0 bridgehead atoms. The SMILES string of the molecule is [2H]C([2H])([2H])C(CC)CCCC(C)CCC=C(C)C. The molecule has 0 nitrogen and oxygen atoms in total. The molecule has 0 aliphatic heterocycles. The van der Waals surface area contributed by atoms with Gasteiger partial charge >= 0.3 is 0 Å². The minimum atomic E-state index is -1.76. The lowest BCUT2D eigenvalue weighted by Gasteiger charge is -2.12. The van der Waals surface area contributed by atoms with E-state index in [1.54, 1.807) is 0 Å². The van der Waals surface area contributed by atoms with Crippen LogP contribution in [0.4, 0.5) is 0 Å². The first kappa shape index (κ1) is 9.93. The predicted octanol–water partition coefficient (Wildman–Crippen LogP) is 5.59. The number of hydrogen-bond donors (Lipinski definition) is 0. The zero-order chi connectivity index (χ0) is 14.2. The molecular weight excluding hydrogens is 180 g/mol. The Morgan fingerprint density at radius 3 is 2.40 bits per heavy atom. The maximum atomic E-state index is 7.46. The molecule has 2 unspecified atom stereocenters. The summed E-state index contributed by atoms with van der Waals surface area (Å²) in [5, 5.41) is 0. The molecule has 0 spiro atoms. The predicted molar refractivity (Wildman–Crippen MR) is 71.1 cm³/mol. The first-order valence-electron chi connectivity index (χ1n) is 7.90. The lowest BCUT2D eigenvalue weighted by atomic mass is 9.94. The van der Waals surface area contributed by atoms with E-state index < -0.39 is 6.85 Å². The van der Waals surface area contributed by atoms with Gasteiger partial charge in [-0.15, -0.1) is 0 Å². The van der Waals surface area contributed by atoms with Gasteiger partial charge in [0, 0.05) is 4.11 Å². The monoisotopic (exact) mass is 213 g/mol. The highest BCUT2D eigenvalue weighted by Gasteiger charge is 2.03. The average Bonchev–Trinajstić information content (AvgIpc) is 2.22. The van der Waals surface area contributed by atoms with Crippen LogP contribution in [0.3, 0.4) is 0 Å². The van der Waals surface area contributed by atoms with E-state index in [0.717, 1.165) is 32.1 Å². The molecule has 15 heavy (non-hydrogen) atoms. The molecule has 0 amide bonds. The summed E-state index contributed by atoms with van der Waals surface area (Å²) >= 11 is 0. The van der Waals surface area contributed by atoms with Gasteiger partial charge in [0.2, 0.25) is 0 Å². The fraction of sp³-hybridized carbons (Fsp3) is 0.867. The van der Waals surface area contributed by atoms with Crippen LogP contribution < -0.4 is 0 Å². The van der Waals surface area contributed by atoms with Crippen LogP contribution in [-0.2, 0) is 0 Å². The average molecular weight is 213 g/mol. The minimum absolute atomic E-state index is 0.109. The van der Waals surface area contributed by atoms with Crippen LogP contribution in [0.1, 0.15) is 77.2 Å². The number of hydrogen-bond acceptors (Lipinski definition) is 0. The molecule has 0 aliphatic carbocycles. The maximum absolute atomic E-state index is 7.46. The summed E-state index contributed by atoms with van der Waals surface area (Å²) in [6, 6.07) is 0. The van der Waals surface area contributed by atoms with Gasteiger partial charge in [0.1, 0.15) is 0 Å². The molecule has 0 radical (unpaired) electrons. The van der Waals surface area contributed by atoms with E-state index in [9.17, 15) is 0 Å². The quantitative estimate of drug-likeness (QED) is 0.461. The topological polar surface area (TPSA) is 0 Å². The highest BCUT2D eigenvalue weighted by molar-refractivity contribution is 4.92. The normalized spacial score (nSPS) is 18.5. The summed E-state index contributed by atoms with van der Waals surface area (Å²) in [4.78, 5) is 0. The molecule has 0 aromatic rings. The zero-order valence-corrected chi connectivity index (χ0v) is 11.0. The third-order valence-electron chi connectivity index (χ3n) is 2.95. The first-order valence-corrected chi connectivity index (χ1v) is 6.40. The molecular formula is C15H30. The molecule has 0 heterocycles. The van der Waals surface area contributed by atoms with E-state index in [1.807, 2.05) is 6.92 Å². The Hall–Kier alpha value is -0.260. The van der Waals surface area contributed by atoms with Gasteiger partial charge in [-0.3, -0.25) is 0 Å². The second kappa shape index (κ2) is 9.00. The van der Waals surface area contributed by atoms with Crippen molar-refractivity contribution < 1.29 is 4.11 Å². The third-order valence-corrected chi connectivity index (χ3v) is 2.95. The molecule has 90 valence electrons. The minimum Gasteiger partial charge on any atom is -0.0859 e. The molecule has 0 aromatic carbocycles. The Morgan fingerprint density at radius 1 is 1.20 bits per heavy atom. The molecule has 0 aromatic heterocycles. The summed E-state index contributed by atoms with van der Waals surface area (Å²) in [5.74, 6) is 0.595. The van der Waals surface area contributed by atoms with Gasteiger partial charge in [-0.05, 0) is 38.5 Å². The van der Waals surface area contributed by atoms with E-state index in [4.69, 9.17) is 4.11 Å². The molecule has 0 N–H and O–H groups in total. The van der Waals surface area contributed by atoms with Crippen molar-refractivity contribution in [2.24, 2.45) is 11.8 Å². The van der Waals surface area contributed by atoms with Gasteiger partial charge in [-0.25, -0.2) is 0 Å². The van der Waals surface area contributed by atoms with Crippen LogP contribution in [0.15, 0.2) is 11.6 Å². The van der Waals surface area contributed by atoms with Gasteiger partial charge in [0.15, 0.2) is 0 Å². The molecule has 0 saturated heterocycles. The van der Waals surface area contributed by atoms with Crippen molar-refractivity contribution in [3.63, 3.8) is 0 Å². The van der Waals surface area contributed by atoms with Gasteiger partial charge in [-0.2, -0.15) is 0 Å². The third kappa shape index (κ3) is 10.0. The van der Waals surface area contributed by atoms with E-state index >= 15 is 0 Å². The van der Waals surface area contributed by atoms with E-state index in [2.05, 4.69) is 26.8 Å². The summed E-state index contributed by atoms with van der Waals surface area (Å²) in [6.07, 6.45) is 8.47. The van der Waals surface area contributed by atoms with Crippen LogP contribution in [0, 0.1) is 11.8 Å². The van der Waals surface area contributed by atoms with Crippen LogP contribution in [0.25, 0.3) is 0 Å². The largest absolute Gasteiger partial charge is 0.0859 e. The van der Waals surface area contributed by atoms with E-state index in [0.29, 0.717) is 5.92 Å². The van der Waals surface area contributed by atoms with Crippen molar-refractivity contribution in [1.82, 2.24) is 0 Å². The molecule has 0 heteroatoms. The van der Waals surface area contributed by atoms with E-state index in [-0.39, 0.29) is 5.92 Å². The summed E-state index contributed by atoms with van der Waals surface area (Å²) in [5.41, 5.74) is 1.38. The summed E-state index contributed by atoms with van der Waals surface area (Å²) < 4.78 is 22.4. The lowest BCUT2D eigenvalue weighted by Crippen LogP contribution is -1.97. The van der Waals surface area contributed by atoms with E-state index in [1.165, 1.54) is 12.0 Å². The molecule has 0 saturated carbocycles. The van der Waals surface area contributed by atoms with Crippen molar-refractivity contribution >= 4 is 0 Å². The second-order valence-corrected chi connectivity index (χ2v) is 5.00. The van der Waals surface area contributed by atoms with Gasteiger partial charge in [0.25, 0.3) is 0 Å². The zero-order valence-electron chi connectivity index (χ0n) is 14.0. The second-order valence-electron chi connectivity index (χ2n) is 5.00. The highest BCUT2D eigenvalue weighted by Crippen LogP contribution is 2.18. The number of allylic oxidation sites excluding steroid dienone is 2. The Balaban J connectivity index is 3.79. The molecule has 0 aliphatic rings. The Morgan fingerprint density at radius 2 is 1.87 bits per heavy atom. The smallest absolute Gasteiger partial charge is 0.0233 e. The molecule has 2 atom stereocenters. The van der Waals surface area contributed by atoms with Crippen molar-refractivity contribution in [3.8, 4) is 0 Å². The van der Waals surface area contributed by atoms with Crippen molar-refractivity contribution in [3.05, 3.63) is 11.6 Å². The van der Waals surface area contributed by atoms with Gasteiger partial charge < -0.3 is 0 Å². The van der Waals surface area contributed by atoms with Gasteiger partial charge in [0.05, 0.1) is 0 Å². The maximum Gasteiger partial charge on any atom is 0.0233 e. The summed E-state index contributed by atoms with van der Waals surface area (Å²) in [6.45, 7) is 6.75. The van der Waals surface area contributed by atoms with Gasteiger partial charge in [-0.1, -0.05) is 58.0 Å². The van der Waals surface area contributed by atoms with Crippen molar-refractivity contribution in [2.75, 3.05) is 0 Å². The fourth-order valence-corrected chi connectivity index (χ4v) is 1.72. The Kier molecular flexibility index (Phi) is 5.96. The first-order chi connectivity index (χ1) is 8.27. The van der Waals surface area contributed by atoms with Crippen LogP contribution in [0.5, 0.6) is 0 Å². The summed E-state index contributed by atoms with van der Waals surface area (Å²) in [7, 11) is 0. The Labute approximate surface area is 101 Å². The number of rotatable bonds is 8. The highest BCUT2D eigenvalue weighted by atomic mass is 14.1. The van der Waals surface area contributed by atoms with Crippen molar-refractivity contribution in [1.29, 1.82) is 0 Å². The van der Waals surface area contributed by atoms with Crippen molar-refractivity contribution in [2.45, 2.75) is 73.1 Å². The fourth-order valence-electron chi connectivity index (χ4n) is 1.72. The van der Waals surface area contributed by atoms with Crippen LogP contribution in [0.2, 0.25) is 0 Å². The standard InChI is InChI=1S/C15H30/c1-6-14(4)10-8-12-15(5)11-7-9-13(2)3/h9,14-15H,6-8,10-12H2,1-5H3/i4D3.